The number of carboxylic acids is 2. The van der Waals surface area contributed by atoms with Crippen molar-refractivity contribution in [3.63, 3.8) is 0 Å². The van der Waals surface area contributed by atoms with Crippen molar-refractivity contribution in [2.45, 2.75) is 0 Å². The first kappa shape index (κ1) is 28.4. The Hall–Kier alpha value is -6.76. The number of hydrogen-bond donors (Lipinski definition) is 2. The van der Waals surface area contributed by atoms with Crippen LogP contribution in [0.5, 0.6) is 0 Å². The molecular weight excluding hydrogens is 588 g/mol. The van der Waals surface area contributed by atoms with Crippen LogP contribution in [0.15, 0.2) is 84.9 Å². The van der Waals surface area contributed by atoms with Crippen molar-refractivity contribution in [2.24, 2.45) is 0 Å². The molecule has 0 radical (unpaired) electrons. The fraction of sp³-hybridized carbons (Fsp3) is 0. The third-order valence-corrected chi connectivity index (χ3v) is 7.43. The maximum absolute atomic E-state index is 13.5. The molecule has 0 aromatic heterocycles. The van der Waals surface area contributed by atoms with Gasteiger partial charge in [-0.2, -0.15) is 0 Å². The van der Waals surface area contributed by atoms with Crippen LogP contribution in [0.2, 0.25) is 0 Å². The van der Waals surface area contributed by atoms with Crippen LogP contribution in [0.3, 0.4) is 0 Å². The van der Waals surface area contributed by atoms with Crippen molar-refractivity contribution < 1.29 is 44.0 Å². The van der Waals surface area contributed by atoms with Crippen LogP contribution in [0.25, 0.3) is 43.1 Å². The molecule has 0 saturated carbocycles. The van der Waals surface area contributed by atoms with Crippen LogP contribution < -0.4 is 0 Å². The van der Waals surface area contributed by atoms with Gasteiger partial charge in [-0.1, -0.05) is 48.5 Å². The molecule has 0 aliphatic carbocycles. The van der Waals surface area contributed by atoms with E-state index in [0.29, 0.717) is 0 Å². The number of nitrogens with zero attached hydrogens (tertiary/aromatic N) is 2. The number of esters is 2. The number of rotatable bonds is 6. The van der Waals surface area contributed by atoms with E-state index >= 15 is 0 Å². The summed E-state index contributed by atoms with van der Waals surface area (Å²) >= 11 is 0. The van der Waals surface area contributed by atoms with Crippen molar-refractivity contribution in [1.29, 1.82) is 0 Å². The summed E-state index contributed by atoms with van der Waals surface area (Å²) in [5.74, 6) is -5.53. The highest BCUT2D eigenvalue weighted by atomic mass is 16.6. The lowest BCUT2D eigenvalue weighted by molar-refractivity contribution is -0.383. The van der Waals surface area contributed by atoms with Gasteiger partial charge in [0.05, 0.1) is 42.9 Å². The zero-order valence-corrected chi connectivity index (χ0v) is 22.5. The molecule has 45 heavy (non-hydrogen) atoms. The lowest BCUT2D eigenvalue weighted by Gasteiger charge is -2.14. The first-order chi connectivity index (χ1) is 21.5. The lowest BCUT2D eigenvalue weighted by atomic mass is 9.92. The summed E-state index contributed by atoms with van der Waals surface area (Å²) in [4.78, 5) is 73.8. The SMILES string of the molecule is O=C(O)c1cc2cccc([N+](=O)[O-])c2c2cccc(C(=O)OC(=O)c3cccc4c3c(C(=O)O)cc3cccc([N+](=O)[O-])c34)c12. The smallest absolute Gasteiger partial charge is 0.346 e. The molecule has 2 N–H and O–H groups in total. The average molecular weight is 604 g/mol. The van der Waals surface area contributed by atoms with Gasteiger partial charge in [-0.3, -0.25) is 20.2 Å². The van der Waals surface area contributed by atoms with Crippen molar-refractivity contribution in [3.05, 3.63) is 127 Å². The monoisotopic (exact) mass is 604 g/mol. The van der Waals surface area contributed by atoms with Gasteiger partial charge in [-0.05, 0) is 45.8 Å². The second-order valence-corrected chi connectivity index (χ2v) is 9.86. The summed E-state index contributed by atoms with van der Waals surface area (Å²) in [5, 5.41) is 43.8. The van der Waals surface area contributed by atoms with E-state index in [2.05, 4.69) is 0 Å². The van der Waals surface area contributed by atoms with Crippen molar-refractivity contribution in [2.75, 3.05) is 0 Å². The van der Waals surface area contributed by atoms with Gasteiger partial charge in [0.25, 0.3) is 11.4 Å². The van der Waals surface area contributed by atoms with Crippen LogP contribution >= 0.6 is 0 Å². The molecule has 0 heterocycles. The average Bonchev–Trinajstić information content (AvgIpc) is 3.02. The zero-order valence-electron chi connectivity index (χ0n) is 22.5. The Morgan fingerprint density at radius 2 is 0.911 bits per heavy atom. The molecule has 0 bridgehead atoms. The third kappa shape index (κ3) is 4.51. The molecule has 6 aromatic carbocycles. The van der Waals surface area contributed by atoms with Crippen LogP contribution in [0.4, 0.5) is 11.4 Å². The van der Waals surface area contributed by atoms with Gasteiger partial charge >= 0.3 is 23.9 Å². The van der Waals surface area contributed by atoms with Crippen LogP contribution in [-0.2, 0) is 4.74 Å². The van der Waals surface area contributed by atoms with Gasteiger partial charge in [0.15, 0.2) is 0 Å². The minimum absolute atomic E-state index is 0.0520. The van der Waals surface area contributed by atoms with E-state index in [4.69, 9.17) is 4.74 Å². The second kappa shape index (κ2) is 10.5. The number of benzene rings is 6. The van der Waals surface area contributed by atoms with E-state index in [-0.39, 0.29) is 65.6 Å². The largest absolute Gasteiger partial charge is 0.478 e. The number of fused-ring (bicyclic) bond motifs is 6. The molecule has 0 aliphatic rings. The molecule has 6 aromatic rings. The summed E-state index contributed by atoms with van der Waals surface area (Å²) in [6.07, 6.45) is 0. The molecular formula is C32H16N2O11. The van der Waals surface area contributed by atoms with Crippen molar-refractivity contribution in [3.8, 4) is 0 Å². The fourth-order valence-electron chi connectivity index (χ4n) is 5.68. The Morgan fingerprint density at radius 3 is 1.27 bits per heavy atom. The lowest BCUT2D eigenvalue weighted by Crippen LogP contribution is -2.15. The van der Waals surface area contributed by atoms with E-state index in [1.54, 1.807) is 0 Å². The number of ether oxygens (including phenoxy) is 1. The Bertz CT molecular complexity index is 2200. The van der Waals surface area contributed by atoms with Crippen LogP contribution in [-0.4, -0.2) is 43.9 Å². The molecule has 0 saturated heterocycles. The van der Waals surface area contributed by atoms with Gasteiger partial charge in [0, 0.05) is 22.9 Å². The summed E-state index contributed by atoms with van der Waals surface area (Å²) in [7, 11) is 0. The minimum atomic E-state index is -1.45. The summed E-state index contributed by atoms with van der Waals surface area (Å²) in [6.45, 7) is 0. The first-order valence-corrected chi connectivity index (χ1v) is 13.0. The van der Waals surface area contributed by atoms with E-state index in [1.807, 2.05) is 0 Å². The molecule has 0 spiro atoms. The molecule has 13 nitrogen and oxygen atoms in total. The van der Waals surface area contributed by atoms with Gasteiger partial charge in [-0.15, -0.1) is 0 Å². The Balaban J connectivity index is 1.55. The number of carbonyl (C=O) groups excluding carboxylic acids is 2. The molecule has 0 atom stereocenters. The van der Waals surface area contributed by atoms with Gasteiger partial charge in [0.2, 0.25) is 0 Å². The summed E-state index contributed by atoms with van der Waals surface area (Å²) in [5.41, 5.74) is -2.22. The van der Waals surface area contributed by atoms with Gasteiger partial charge < -0.3 is 14.9 Å². The summed E-state index contributed by atoms with van der Waals surface area (Å²) < 4.78 is 5.16. The Morgan fingerprint density at radius 1 is 0.533 bits per heavy atom. The molecule has 0 aliphatic heterocycles. The number of aromatic carboxylic acids is 2. The van der Waals surface area contributed by atoms with E-state index in [9.17, 15) is 49.6 Å². The molecule has 0 fully saturated rings. The number of nitro groups is 2. The predicted octanol–water partition coefficient (Wildman–Crippen LogP) is 6.51. The molecule has 220 valence electrons. The van der Waals surface area contributed by atoms with Crippen LogP contribution in [0.1, 0.15) is 41.4 Å². The third-order valence-electron chi connectivity index (χ3n) is 7.43. The first-order valence-electron chi connectivity index (χ1n) is 13.0. The maximum Gasteiger partial charge on any atom is 0.346 e. The highest BCUT2D eigenvalue weighted by Gasteiger charge is 2.28. The molecule has 0 amide bonds. The number of carbonyl (C=O) groups is 4. The highest BCUT2D eigenvalue weighted by Crippen LogP contribution is 2.38. The standard InChI is InChI=1S/C32H16N2O11/c35-29(36)21-13-15-5-1-11-23(33(41)42)25(15)17-7-3-9-19(27(17)21)31(39)45-32(40)20-10-4-8-18-26-16(6-2-12-24(26)34(43)44)14-22(28(18)20)30(37)38/h1-14H,(H,35,36)(H,37,38). The minimum Gasteiger partial charge on any atom is -0.478 e. The topological polar surface area (TPSA) is 204 Å². The van der Waals surface area contributed by atoms with E-state index in [1.165, 1.54) is 84.9 Å². The second-order valence-electron chi connectivity index (χ2n) is 9.86. The van der Waals surface area contributed by atoms with Gasteiger partial charge in [-0.25, -0.2) is 19.2 Å². The number of carboxylic acid groups (broad SMARTS) is 2. The van der Waals surface area contributed by atoms with Crippen LogP contribution in [0, 0.1) is 20.2 Å². The van der Waals surface area contributed by atoms with E-state index in [0.717, 1.165) is 0 Å². The highest BCUT2D eigenvalue weighted by molar-refractivity contribution is 6.26. The van der Waals surface area contributed by atoms with Crippen molar-refractivity contribution >= 4 is 78.3 Å². The quantitative estimate of drug-likeness (QED) is 0.0689. The van der Waals surface area contributed by atoms with E-state index < -0.39 is 44.9 Å². The number of non-ortho nitro benzene ring substituents is 2. The van der Waals surface area contributed by atoms with Gasteiger partial charge in [0.1, 0.15) is 0 Å². The Kier molecular flexibility index (Phi) is 6.62. The number of hydrogen-bond acceptors (Lipinski definition) is 9. The predicted molar refractivity (Wildman–Crippen MR) is 160 cm³/mol. The Labute approximate surface area is 249 Å². The normalized spacial score (nSPS) is 11.1. The summed E-state index contributed by atoms with van der Waals surface area (Å²) in [6, 6.07) is 18.4. The zero-order chi connectivity index (χ0) is 32.2. The fourth-order valence-corrected chi connectivity index (χ4v) is 5.68. The molecule has 13 heteroatoms. The molecule has 0 unspecified atom stereocenters. The molecule has 6 rings (SSSR count). The van der Waals surface area contributed by atoms with Crippen molar-refractivity contribution in [1.82, 2.24) is 0 Å². The number of nitro benzene ring substituents is 2. The maximum atomic E-state index is 13.5.